The number of rotatable bonds is 4. The molecule has 3 aromatic rings. The van der Waals surface area contributed by atoms with Crippen LogP contribution < -0.4 is 5.56 Å². The number of fused-ring (bicyclic) bond motifs is 3. The van der Waals surface area contributed by atoms with Gasteiger partial charge in [0.25, 0.3) is 5.56 Å². The maximum atomic E-state index is 12.3. The van der Waals surface area contributed by atoms with Crippen molar-refractivity contribution in [2.45, 2.75) is 39.2 Å². The molecule has 0 saturated heterocycles. The number of nitrogens with one attached hydrogen (secondary N) is 1. The molecule has 7 heteroatoms. The molecular weight excluding hydrogens is 348 g/mol. The zero-order valence-corrected chi connectivity index (χ0v) is 15.8. The van der Waals surface area contributed by atoms with Gasteiger partial charge < -0.3 is 18.9 Å². The number of carbonyl (C=O) groups excluding carboxylic acids is 2. The van der Waals surface area contributed by atoms with E-state index < -0.39 is 11.6 Å². The van der Waals surface area contributed by atoms with Crippen LogP contribution in [-0.4, -0.2) is 34.0 Å². The van der Waals surface area contributed by atoms with Crippen molar-refractivity contribution in [3.05, 3.63) is 51.9 Å². The fourth-order valence-electron chi connectivity index (χ4n) is 3.08. The summed E-state index contributed by atoms with van der Waals surface area (Å²) in [7, 11) is 1.30. The van der Waals surface area contributed by atoms with Gasteiger partial charge in [0.2, 0.25) is 0 Å². The smallest absolute Gasteiger partial charge is 0.337 e. The minimum atomic E-state index is -0.564. The van der Waals surface area contributed by atoms with Crippen LogP contribution in [0.4, 0.5) is 0 Å². The maximum Gasteiger partial charge on any atom is 0.337 e. The SMILES string of the molecule is COC(=O)c1cc(CCC(=O)OC(C)(C)C)c2c(c1)[nH]c(=O)c1cccn12. The molecule has 2 heterocycles. The number of methoxy groups -OCH3 is 1. The predicted molar refractivity (Wildman–Crippen MR) is 101 cm³/mol. The number of esters is 2. The van der Waals surface area contributed by atoms with Gasteiger partial charge in [-0.25, -0.2) is 4.79 Å². The summed E-state index contributed by atoms with van der Waals surface area (Å²) in [5.41, 5.74) is 1.98. The monoisotopic (exact) mass is 370 g/mol. The number of carbonyl (C=O) groups is 2. The zero-order chi connectivity index (χ0) is 19.8. The van der Waals surface area contributed by atoms with Crippen LogP contribution in [0.5, 0.6) is 0 Å². The molecule has 0 amide bonds. The van der Waals surface area contributed by atoms with Crippen molar-refractivity contribution in [2.24, 2.45) is 0 Å². The Kier molecular flexibility index (Phi) is 4.78. The largest absolute Gasteiger partial charge is 0.465 e. The van der Waals surface area contributed by atoms with Crippen LogP contribution in [0.2, 0.25) is 0 Å². The number of H-pyrrole nitrogens is 1. The van der Waals surface area contributed by atoms with E-state index >= 15 is 0 Å². The molecule has 1 aromatic carbocycles. The number of aromatic nitrogens is 2. The lowest BCUT2D eigenvalue weighted by Crippen LogP contribution is -2.24. The molecule has 3 rings (SSSR count). The van der Waals surface area contributed by atoms with E-state index in [-0.39, 0.29) is 17.9 Å². The number of ether oxygens (including phenoxy) is 2. The van der Waals surface area contributed by atoms with E-state index in [9.17, 15) is 14.4 Å². The van der Waals surface area contributed by atoms with Crippen LogP contribution in [0, 0.1) is 0 Å². The highest BCUT2D eigenvalue weighted by molar-refractivity contribution is 5.95. The first-order valence-corrected chi connectivity index (χ1v) is 8.66. The van der Waals surface area contributed by atoms with Gasteiger partial charge in [0.1, 0.15) is 11.1 Å². The number of nitrogens with zero attached hydrogens (tertiary/aromatic N) is 1. The highest BCUT2D eigenvalue weighted by Gasteiger charge is 2.19. The fraction of sp³-hybridized carbons (Fsp3) is 0.350. The molecule has 2 aromatic heterocycles. The number of aryl methyl sites for hydroxylation is 1. The Morgan fingerprint density at radius 2 is 1.96 bits per heavy atom. The molecule has 0 radical (unpaired) electrons. The lowest BCUT2D eigenvalue weighted by molar-refractivity contribution is -0.154. The molecule has 0 aliphatic rings. The molecule has 0 fully saturated rings. The first-order chi connectivity index (χ1) is 12.7. The molecule has 0 aliphatic heterocycles. The number of hydrogen-bond donors (Lipinski definition) is 1. The normalized spacial score (nSPS) is 11.7. The lowest BCUT2D eigenvalue weighted by atomic mass is 10.0. The third-order valence-corrected chi connectivity index (χ3v) is 4.10. The minimum absolute atomic E-state index is 0.152. The van der Waals surface area contributed by atoms with E-state index in [2.05, 4.69) is 4.98 Å². The maximum absolute atomic E-state index is 12.3. The van der Waals surface area contributed by atoms with E-state index in [1.54, 1.807) is 34.9 Å². The third kappa shape index (κ3) is 3.86. The summed E-state index contributed by atoms with van der Waals surface area (Å²) < 4.78 is 11.9. The lowest BCUT2D eigenvalue weighted by Gasteiger charge is -2.19. The van der Waals surface area contributed by atoms with E-state index in [0.29, 0.717) is 23.0 Å². The fourth-order valence-corrected chi connectivity index (χ4v) is 3.08. The Bertz CT molecular complexity index is 1090. The Balaban J connectivity index is 2.10. The standard InChI is InChI=1S/C20H22N2O5/c1-20(2,3)27-16(23)8-7-12-10-13(19(25)26-4)11-14-17(12)22-9-5-6-15(22)18(24)21-14/h5-6,9-11H,7-8H2,1-4H3,(H,21,24). The Morgan fingerprint density at radius 1 is 1.22 bits per heavy atom. The van der Waals surface area contributed by atoms with Gasteiger partial charge >= 0.3 is 11.9 Å². The topological polar surface area (TPSA) is 89.9 Å². The van der Waals surface area contributed by atoms with Crippen molar-refractivity contribution in [1.29, 1.82) is 0 Å². The molecule has 0 atom stereocenters. The third-order valence-electron chi connectivity index (χ3n) is 4.10. The summed E-state index contributed by atoms with van der Waals surface area (Å²) in [6.45, 7) is 5.44. The molecule has 0 spiro atoms. The molecule has 0 aliphatic carbocycles. The van der Waals surface area contributed by atoms with Gasteiger partial charge in [-0.2, -0.15) is 0 Å². The summed E-state index contributed by atoms with van der Waals surface area (Å²) >= 11 is 0. The van der Waals surface area contributed by atoms with Gasteiger partial charge in [-0.05, 0) is 57.0 Å². The van der Waals surface area contributed by atoms with Gasteiger partial charge in [0, 0.05) is 12.6 Å². The summed E-state index contributed by atoms with van der Waals surface area (Å²) in [6.07, 6.45) is 2.29. The Labute approximate surface area is 155 Å². The molecule has 0 unspecified atom stereocenters. The summed E-state index contributed by atoms with van der Waals surface area (Å²) in [5, 5.41) is 0. The molecule has 142 valence electrons. The van der Waals surface area contributed by atoms with Crippen molar-refractivity contribution >= 4 is 28.5 Å². The van der Waals surface area contributed by atoms with Gasteiger partial charge in [0.15, 0.2) is 0 Å². The van der Waals surface area contributed by atoms with Crippen LogP contribution in [0.25, 0.3) is 16.6 Å². The Hall–Kier alpha value is -3.09. The van der Waals surface area contributed by atoms with E-state index in [1.165, 1.54) is 7.11 Å². The molecular formula is C20H22N2O5. The van der Waals surface area contributed by atoms with Crippen molar-refractivity contribution in [2.75, 3.05) is 7.11 Å². The highest BCUT2D eigenvalue weighted by atomic mass is 16.6. The average molecular weight is 370 g/mol. The highest BCUT2D eigenvalue weighted by Crippen LogP contribution is 2.23. The quantitative estimate of drug-likeness (QED) is 0.713. The average Bonchev–Trinajstić information content (AvgIpc) is 3.07. The van der Waals surface area contributed by atoms with E-state index in [4.69, 9.17) is 9.47 Å². The van der Waals surface area contributed by atoms with Gasteiger partial charge in [-0.1, -0.05) is 0 Å². The first-order valence-electron chi connectivity index (χ1n) is 8.66. The van der Waals surface area contributed by atoms with Gasteiger partial charge in [0.05, 0.1) is 23.7 Å². The zero-order valence-electron chi connectivity index (χ0n) is 15.8. The van der Waals surface area contributed by atoms with Gasteiger partial charge in [-0.3, -0.25) is 9.59 Å². The van der Waals surface area contributed by atoms with Crippen LogP contribution in [0.3, 0.4) is 0 Å². The second-order valence-corrected chi connectivity index (χ2v) is 7.33. The second kappa shape index (κ2) is 6.90. The Morgan fingerprint density at radius 3 is 2.63 bits per heavy atom. The molecule has 0 bridgehead atoms. The minimum Gasteiger partial charge on any atom is -0.465 e. The van der Waals surface area contributed by atoms with Crippen molar-refractivity contribution in [1.82, 2.24) is 9.38 Å². The number of benzene rings is 1. The molecule has 0 saturated carbocycles. The van der Waals surface area contributed by atoms with E-state index in [1.807, 2.05) is 20.8 Å². The van der Waals surface area contributed by atoms with Crippen LogP contribution in [0.1, 0.15) is 43.1 Å². The summed E-state index contributed by atoms with van der Waals surface area (Å²) in [4.78, 5) is 39.2. The molecule has 7 nitrogen and oxygen atoms in total. The van der Waals surface area contributed by atoms with Gasteiger partial charge in [-0.15, -0.1) is 0 Å². The van der Waals surface area contributed by atoms with Crippen LogP contribution in [0.15, 0.2) is 35.3 Å². The first kappa shape index (κ1) is 18.7. The van der Waals surface area contributed by atoms with Crippen LogP contribution in [-0.2, 0) is 20.7 Å². The number of aromatic amines is 1. The summed E-state index contributed by atoms with van der Waals surface area (Å²) in [6, 6.07) is 6.76. The second-order valence-electron chi connectivity index (χ2n) is 7.33. The summed E-state index contributed by atoms with van der Waals surface area (Å²) in [5.74, 6) is -0.837. The number of hydrogen-bond acceptors (Lipinski definition) is 5. The van der Waals surface area contributed by atoms with E-state index in [0.717, 1.165) is 11.1 Å². The van der Waals surface area contributed by atoms with Crippen molar-refractivity contribution in [3.63, 3.8) is 0 Å². The van der Waals surface area contributed by atoms with Crippen molar-refractivity contribution in [3.8, 4) is 0 Å². The molecule has 27 heavy (non-hydrogen) atoms. The molecule has 1 N–H and O–H groups in total. The predicted octanol–water partition coefficient (Wildman–Crippen LogP) is 2.84. The van der Waals surface area contributed by atoms with Crippen molar-refractivity contribution < 1.29 is 19.1 Å². The van der Waals surface area contributed by atoms with Crippen LogP contribution >= 0.6 is 0 Å².